The van der Waals surface area contributed by atoms with Gasteiger partial charge in [0.15, 0.2) is 11.5 Å². The van der Waals surface area contributed by atoms with Crippen LogP contribution in [0.1, 0.15) is 35.7 Å². The quantitative estimate of drug-likeness (QED) is 0.844. The van der Waals surface area contributed by atoms with Gasteiger partial charge in [0, 0.05) is 12.3 Å². The lowest BCUT2D eigenvalue weighted by Crippen LogP contribution is -2.49. The second kappa shape index (κ2) is 5.39. The number of carboxylic acid groups (broad SMARTS) is 1. The zero-order valence-corrected chi connectivity index (χ0v) is 12.0. The van der Waals surface area contributed by atoms with Crippen LogP contribution in [0.2, 0.25) is 0 Å². The second-order valence-electron chi connectivity index (χ2n) is 5.28. The van der Waals surface area contributed by atoms with Gasteiger partial charge in [0.1, 0.15) is 12.1 Å². The van der Waals surface area contributed by atoms with Crippen molar-refractivity contribution in [2.45, 2.75) is 32.9 Å². The van der Waals surface area contributed by atoms with Crippen molar-refractivity contribution in [1.82, 2.24) is 20.3 Å². The lowest BCUT2D eigenvalue weighted by molar-refractivity contribution is -0.143. The van der Waals surface area contributed by atoms with Gasteiger partial charge in [0.25, 0.3) is 5.91 Å². The molecule has 0 radical (unpaired) electrons. The number of carboxylic acids is 1. The summed E-state index contributed by atoms with van der Waals surface area (Å²) in [6.45, 7) is 5.04. The number of carbonyl (C=O) groups excluding carboxylic acids is 1. The Morgan fingerprint density at radius 2 is 2.19 bits per heavy atom. The SMILES string of the molecule is Cc1cnn(Cc2cc(C(=O)NC(C)(C)C(=O)O)no2)c1. The molecular formula is C13H16N4O4. The summed E-state index contributed by atoms with van der Waals surface area (Å²) < 4.78 is 6.71. The number of hydrogen-bond donors (Lipinski definition) is 2. The Hall–Kier alpha value is -2.64. The minimum Gasteiger partial charge on any atom is -0.480 e. The minimum absolute atomic E-state index is 0.0307. The molecule has 8 nitrogen and oxygen atoms in total. The average Bonchev–Trinajstić information content (AvgIpc) is 2.98. The lowest BCUT2D eigenvalue weighted by Gasteiger charge is -2.19. The van der Waals surface area contributed by atoms with Crippen molar-refractivity contribution >= 4 is 11.9 Å². The maximum absolute atomic E-state index is 11.9. The third kappa shape index (κ3) is 3.47. The molecule has 8 heteroatoms. The van der Waals surface area contributed by atoms with Gasteiger partial charge in [-0.2, -0.15) is 5.10 Å². The summed E-state index contributed by atoms with van der Waals surface area (Å²) in [7, 11) is 0. The summed E-state index contributed by atoms with van der Waals surface area (Å²) in [6, 6.07) is 1.46. The Morgan fingerprint density at radius 1 is 1.48 bits per heavy atom. The molecule has 0 atom stereocenters. The molecule has 0 saturated carbocycles. The van der Waals surface area contributed by atoms with E-state index >= 15 is 0 Å². The maximum atomic E-state index is 11.9. The molecule has 21 heavy (non-hydrogen) atoms. The van der Waals surface area contributed by atoms with E-state index in [2.05, 4.69) is 15.6 Å². The highest BCUT2D eigenvalue weighted by Crippen LogP contribution is 2.09. The smallest absolute Gasteiger partial charge is 0.328 e. The minimum atomic E-state index is -1.38. The van der Waals surface area contributed by atoms with Crippen LogP contribution in [0, 0.1) is 6.92 Å². The van der Waals surface area contributed by atoms with E-state index in [1.807, 2.05) is 13.1 Å². The van der Waals surface area contributed by atoms with Gasteiger partial charge in [0.05, 0.1) is 6.20 Å². The molecule has 0 aliphatic carbocycles. The predicted octanol–water partition coefficient (Wildman–Crippen LogP) is 0.821. The molecule has 0 aromatic carbocycles. The molecule has 2 heterocycles. The fourth-order valence-electron chi connectivity index (χ4n) is 1.61. The average molecular weight is 292 g/mol. The monoisotopic (exact) mass is 292 g/mol. The number of nitrogens with zero attached hydrogens (tertiary/aromatic N) is 3. The van der Waals surface area contributed by atoms with Gasteiger partial charge >= 0.3 is 5.97 Å². The van der Waals surface area contributed by atoms with Gasteiger partial charge in [0.2, 0.25) is 0 Å². The Kier molecular flexibility index (Phi) is 3.79. The maximum Gasteiger partial charge on any atom is 0.328 e. The fraction of sp³-hybridized carbons (Fsp3) is 0.385. The number of aryl methyl sites for hydroxylation is 1. The molecule has 0 fully saturated rings. The first-order chi connectivity index (χ1) is 9.78. The normalized spacial score (nSPS) is 11.4. The van der Waals surface area contributed by atoms with Crippen LogP contribution in [-0.2, 0) is 11.3 Å². The summed E-state index contributed by atoms with van der Waals surface area (Å²) in [5, 5.41) is 19.1. The zero-order chi connectivity index (χ0) is 15.6. The van der Waals surface area contributed by atoms with E-state index in [9.17, 15) is 9.59 Å². The number of hydrogen-bond acceptors (Lipinski definition) is 5. The van der Waals surface area contributed by atoms with Crippen molar-refractivity contribution in [2.24, 2.45) is 0 Å². The lowest BCUT2D eigenvalue weighted by atomic mass is 10.1. The molecule has 112 valence electrons. The highest BCUT2D eigenvalue weighted by atomic mass is 16.5. The standard InChI is InChI=1S/C13H16N4O4/c1-8-5-14-17(6-8)7-9-4-10(16-21-9)11(18)15-13(2,3)12(19)20/h4-6H,7H2,1-3H3,(H,15,18)(H,19,20). The molecule has 0 spiro atoms. The second-order valence-corrected chi connectivity index (χ2v) is 5.28. The summed E-state index contributed by atoms with van der Waals surface area (Å²) in [4.78, 5) is 22.9. The van der Waals surface area contributed by atoms with E-state index in [0.29, 0.717) is 12.3 Å². The van der Waals surface area contributed by atoms with Crippen molar-refractivity contribution in [2.75, 3.05) is 0 Å². The Labute approximate surface area is 120 Å². The van der Waals surface area contributed by atoms with Crippen LogP contribution in [0.4, 0.5) is 0 Å². The van der Waals surface area contributed by atoms with Gasteiger partial charge in [-0.25, -0.2) is 4.79 Å². The molecule has 2 rings (SSSR count). The first-order valence-electron chi connectivity index (χ1n) is 6.28. The van der Waals surface area contributed by atoms with Gasteiger partial charge in [-0.1, -0.05) is 5.16 Å². The predicted molar refractivity (Wildman–Crippen MR) is 71.8 cm³/mol. The number of aliphatic carboxylic acids is 1. The van der Waals surface area contributed by atoms with Crippen LogP contribution in [0.15, 0.2) is 23.0 Å². The molecule has 2 N–H and O–H groups in total. The van der Waals surface area contributed by atoms with Crippen LogP contribution in [0.3, 0.4) is 0 Å². The fourth-order valence-corrected chi connectivity index (χ4v) is 1.61. The molecule has 0 bridgehead atoms. The third-order valence-electron chi connectivity index (χ3n) is 2.83. The summed E-state index contributed by atoms with van der Waals surface area (Å²) in [5.41, 5.74) is -0.339. The number of aromatic nitrogens is 3. The van der Waals surface area contributed by atoms with E-state index in [4.69, 9.17) is 9.63 Å². The number of nitrogens with one attached hydrogen (secondary N) is 1. The highest BCUT2D eigenvalue weighted by molar-refractivity contribution is 5.96. The van der Waals surface area contributed by atoms with Crippen molar-refractivity contribution in [1.29, 1.82) is 0 Å². The number of carbonyl (C=O) groups is 2. The molecule has 2 aromatic heterocycles. The molecule has 0 aliphatic rings. The summed E-state index contributed by atoms with van der Waals surface area (Å²) in [6.07, 6.45) is 3.54. The molecule has 0 saturated heterocycles. The first kappa shape index (κ1) is 14.8. The van der Waals surface area contributed by atoms with Crippen molar-refractivity contribution < 1.29 is 19.2 Å². The first-order valence-corrected chi connectivity index (χ1v) is 6.28. The Balaban J connectivity index is 2.05. The molecule has 0 unspecified atom stereocenters. The van der Waals surface area contributed by atoms with Gasteiger partial charge in [-0.3, -0.25) is 9.48 Å². The number of amides is 1. The van der Waals surface area contributed by atoms with Crippen LogP contribution in [-0.4, -0.2) is 37.5 Å². The topological polar surface area (TPSA) is 110 Å². The van der Waals surface area contributed by atoms with E-state index in [1.165, 1.54) is 19.9 Å². The Morgan fingerprint density at radius 3 is 2.76 bits per heavy atom. The van der Waals surface area contributed by atoms with E-state index in [-0.39, 0.29) is 5.69 Å². The molecule has 2 aromatic rings. The van der Waals surface area contributed by atoms with Gasteiger partial charge in [-0.15, -0.1) is 0 Å². The largest absolute Gasteiger partial charge is 0.480 e. The van der Waals surface area contributed by atoms with Gasteiger partial charge < -0.3 is 14.9 Å². The molecule has 0 aliphatic heterocycles. The van der Waals surface area contributed by atoms with Crippen LogP contribution >= 0.6 is 0 Å². The molecular weight excluding hydrogens is 276 g/mol. The van der Waals surface area contributed by atoms with E-state index in [0.717, 1.165) is 5.56 Å². The van der Waals surface area contributed by atoms with Crippen LogP contribution < -0.4 is 5.32 Å². The summed E-state index contributed by atoms with van der Waals surface area (Å²) in [5.74, 6) is -1.28. The zero-order valence-electron chi connectivity index (χ0n) is 12.0. The molecule has 1 amide bonds. The van der Waals surface area contributed by atoms with Crippen molar-refractivity contribution in [3.05, 3.63) is 35.5 Å². The van der Waals surface area contributed by atoms with Crippen molar-refractivity contribution in [3.8, 4) is 0 Å². The van der Waals surface area contributed by atoms with Crippen molar-refractivity contribution in [3.63, 3.8) is 0 Å². The third-order valence-corrected chi connectivity index (χ3v) is 2.83. The van der Waals surface area contributed by atoms with Gasteiger partial charge in [-0.05, 0) is 26.3 Å². The van der Waals surface area contributed by atoms with Crippen LogP contribution in [0.25, 0.3) is 0 Å². The Bertz CT molecular complexity index is 671. The van der Waals surface area contributed by atoms with E-state index in [1.54, 1.807) is 10.9 Å². The summed E-state index contributed by atoms with van der Waals surface area (Å²) >= 11 is 0. The highest BCUT2D eigenvalue weighted by Gasteiger charge is 2.30. The van der Waals surface area contributed by atoms with Crippen LogP contribution in [0.5, 0.6) is 0 Å². The van der Waals surface area contributed by atoms with E-state index < -0.39 is 17.4 Å². The number of rotatable bonds is 5.